The molecular weight excluding hydrogens is 284 g/mol. The molecule has 0 saturated heterocycles. The molecule has 0 heterocycles. The molecule has 0 spiro atoms. The summed E-state index contributed by atoms with van der Waals surface area (Å²) in [5, 5.41) is 0. The zero-order valence-corrected chi connectivity index (χ0v) is 12.8. The van der Waals surface area contributed by atoms with E-state index in [1.54, 1.807) is 12.1 Å². The third-order valence-corrected chi connectivity index (χ3v) is 3.22. The largest absolute Gasteiger partial charge is 0.466 e. The highest BCUT2D eigenvalue weighted by Crippen LogP contribution is 2.13. The summed E-state index contributed by atoms with van der Waals surface area (Å²) < 4.78 is 9.17. The van der Waals surface area contributed by atoms with Gasteiger partial charge in [0, 0.05) is 17.2 Å². The van der Waals surface area contributed by atoms with Crippen LogP contribution in [0.5, 0.6) is 0 Å². The lowest BCUT2D eigenvalue weighted by Gasteiger charge is -2.06. The number of methoxy groups -OCH3 is 2. The molecule has 0 saturated carbocycles. The van der Waals surface area contributed by atoms with E-state index in [1.165, 1.54) is 20.3 Å². The summed E-state index contributed by atoms with van der Waals surface area (Å²) in [5.74, 6) is -1.08. The number of aryl methyl sites for hydroxylation is 1. The molecular formula is C17H20O5. The quantitative estimate of drug-likeness (QED) is 0.319. The second-order valence-electron chi connectivity index (χ2n) is 4.75. The number of carbonyl (C=O) groups is 3. The maximum atomic E-state index is 11.6. The summed E-state index contributed by atoms with van der Waals surface area (Å²) >= 11 is 0. The lowest BCUT2D eigenvalue weighted by Crippen LogP contribution is -2.08. The van der Waals surface area contributed by atoms with Crippen molar-refractivity contribution in [2.75, 3.05) is 14.2 Å². The second-order valence-corrected chi connectivity index (χ2v) is 4.75. The first kappa shape index (κ1) is 17.6. The molecule has 0 aliphatic heterocycles. The van der Waals surface area contributed by atoms with E-state index < -0.39 is 11.9 Å². The van der Waals surface area contributed by atoms with Crippen LogP contribution in [0, 0.1) is 0 Å². The molecule has 0 unspecified atom stereocenters. The van der Waals surface area contributed by atoms with Crippen LogP contribution in [-0.4, -0.2) is 32.4 Å². The fourth-order valence-corrected chi connectivity index (χ4v) is 1.97. The Morgan fingerprint density at radius 2 is 1.73 bits per heavy atom. The van der Waals surface area contributed by atoms with Gasteiger partial charge in [0.25, 0.3) is 0 Å². The molecule has 0 aliphatic carbocycles. The Kier molecular flexibility index (Phi) is 7.61. The summed E-state index contributed by atoms with van der Waals surface area (Å²) in [6.45, 7) is 0. The first-order valence-corrected chi connectivity index (χ1v) is 7.01. The van der Waals surface area contributed by atoms with E-state index in [2.05, 4.69) is 9.47 Å². The standard InChI is InChI=1S/C17H20O5/c1-21-16(19)11-15(17(20)22-2)6-4-3-5-13-7-9-14(12-18)10-8-13/h7-12H,3-6H2,1-2H3/b15-11-. The van der Waals surface area contributed by atoms with Crippen molar-refractivity contribution in [2.24, 2.45) is 0 Å². The Morgan fingerprint density at radius 1 is 1.05 bits per heavy atom. The number of benzene rings is 1. The first-order chi connectivity index (χ1) is 10.6. The van der Waals surface area contributed by atoms with Crippen molar-refractivity contribution in [2.45, 2.75) is 25.7 Å². The fraction of sp³-hybridized carbons (Fsp3) is 0.353. The zero-order valence-electron chi connectivity index (χ0n) is 12.8. The minimum Gasteiger partial charge on any atom is -0.466 e. The highest BCUT2D eigenvalue weighted by atomic mass is 16.5. The normalized spacial score (nSPS) is 10.9. The average molecular weight is 304 g/mol. The molecule has 0 amide bonds. The van der Waals surface area contributed by atoms with E-state index in [9.17, 15) is 14.4 Å². The molecule has 1 aromatic rings. The molecule has 0 atom stereocenters. The van der Waals surface area contributed by atoms with Crippen LogP contribution in [0.1, 0.15) is 35.2 Å². The van der Waals surface area contributed by atoms with E-state index in [1.807, 2.05) is 12.1 Å². The van der Waals surface area contributed by atoms with E-state index in [-0.39, 0.29) is 0 Å². The van der Waals surface area contributed by atoms with E-state index >= 15 is 0 Å². The molecule has 1 rings (SSSR count). The number of hydrogen-bond acceptors (Lipinski definition) is 5. The van der Waals surface area contributed by atoms with Crippen molar-refractivity contribution in [3.05, 3.63) is 47.0 Å². The number of rotatable bonds is 8. The first-order valence-electron chi connectivity index (χ1n) is 7.01. The van der Waals surface area contributed by atoms with Crippen LogP contribution in [0.15, 0.2) is 35.9 Å². The second kappa shape index (κ2) is 9.50. The van der Waals surface area contributed by atoms with Crippen molar-refractivity contribution in [1.82, 2.24) is 0 Å². The van der Waals surface area contributed by atoms with E-state index in [0.717, 1.165) is 31.1 Å². The van der Waals surface area contributed by atoms with Gasteiger partial charge in [-0.05, 0) is 31.2 Å². The number of aldehydes is 1. The van der Waals surface area contributed by atoms with Crippen molar-refractivity contribution < 1.29 is 23.9 Å². The molecule has 22 heavy (non-hydrogen) atoms. The fourth-order valence-electron chi connectivity index (χ4n) is 1.97. The van der Waals surface area contributed by atoms with Gasteiger partial charge in [-0.3, -0.25) is 4.79 Å². The van der Waals surface area contributed by atoms with Crippen LogP contribution in [0.25, 0.3) is 0 Å². The van der Waals surface area contributed by atoms with E-state index in [0.29, 0.717) is 17.6 Å². The highest BCUT2D eigenvalue weighted by molar-refractivity contribution is 5.96. The van der Waals surface area contributed by atoms with Gasteiger partial charge in [-0.15, -0.1) is 0 Å². The van der Waals surface area contributed by atoms with Gasteiger partial charge in [0.1, 0.15) is 6.29 Å². The minimum atomic E-state index is -0.565. The lowest BCUT2D eigenvalue weighted by molar-refractivity contribution is -0.138. The topological polar surface area (TPSA) is 69.7 Å². The Balaban J connectivity index is 2.48. The summed E-state index contributed by atoms with van der Waals surface area (Å²) in [6.07, 6.45) is 4.87. The maximum absolute atomic E-state index is 11.6. The van der Waals surface area contributed by atoms with Crippen LogP contribution in [-0.2, 0) is 25.5 Å². The zero-order chi connectivity index (χ0) is 16.4. The van der Waals surface area contributed by atoms with Gasteiger partial charge in [0.05, 0.1) is 14.2 Å². The van der Waals surface area contributed by atoms with Crippen LogP contribution in [0.4, 0.5) is 0 Å². The number of ether oxygens (including phenoxy) is 2. The monoisotopic (exact) mass is 304 g/mol. The van der Waals surface area contributed by atoms with Crippen molar-refractivity contribution in [3.63, 3.8) is 0 Å². The molecule has 0 radical (unpaired) electrons. The van der Waals surface area contributed by atoms with Gasteiger partial charge in [-0.25, -0.2) is 9.59 Å². The molecule has 0 bridgehead atoms. The SMILES string of the molecule is COC(=O)/C=C(/CCCCc1ccc(C=O)cc1)C(=O)OC. The lowest BCUT2D eigenvalue weighted by atomic mass is 10.0. The van der Waals surface area contributed by atoms with Crippen molar-refractivity contribution in [1.29, 1.82) is 0 Å². The average Bonchev–Trinajstić information content (AvgIpc) is 2.57. The Labute approximate surface area is 129 Å². The third-order valence-electron chi connectivity index (χ3n) is 3.22. The van der Waals surface area contributed by atoms with Crippen molar-refractivity contribution in [3.8, 4) is 0 Å². The molecule has 0 fully saturated rings. The molecule has 1 aromatic carbocycles. The number of hydrogen-bond donors (Lipinski definition) is 0. The molecule has 0 aromatic heterocycles. The molecule has 5 nitrogen and oxygen atoms in total. The van der Waals surface area contributed by atoms with Crippen LogP contribution >= 0.6 is 0 Å². The third kappa shape index (κ3) is 5.91. The molecule has 0 aliphatic rings. The van der Waals surface area contributed by atoms with Crippen LogP contribution < -0.4 is 0 Å². The molecule has 118 valence electrons. The van der Waals surface area contributed by atoms with E-state index in [4.69, 9.17) is 0 Å². The predicted molar refractivity (Wildman–Crippen MR) is 81.5 cm³/mol. The predicted octanol–water partition coefficient (Wildman–Crippen LogP) is 2.48. The minimum absolute atomic E-state index is 0.311. The van der Waals surface area contributed by atoms with Crippen LogP contribution in [0.3, 0.4) is 0 Å². The number of unbranched alkanes of at least 4 members (excludes halogenated alkanes) is 1. The Bertz CT molecular complexity index is 543. The number of carbonyl (C=O) groups excluding carboxylic acids is 3. The summed E-state index contributed by atoms with van der Waals surface area (Å²) in [5.41, 5.74) is 2.09. The Morgan fingerprint density at radius 3 is 2.27 bits per heavy atom. The van der Waals surface area contributed by atoms with Gasteiger partial charge in [-0.1, -0.05) is 24.3 Å². The van der Waals surface area contributed by atoms with Gasteiger partial charge >= 0.3 is 11.9 Å². The molecule has 0 N–H and O–H groups in total. The molecule has 5 heteroatoms. The van der Waals surface area contributed by atoms with Gasteiger partial charge in [0.15, 0.2) is 0 Å². The van der Waals surface area contributed by atoms with Gasteiger partial charge < -0.3 is 9.47 Å². The highest BCUT2D eigenvalue weighted by Gasteiger charge is 2.11. The summed E-state index contributed by atoms with van der Waals surface area (Å²) in [6, 6.07) is 7.38. The number of esters is 2. The maximum Gasteiger partial charge on any atom is 0.333 e. The van der Waals surface area contributed by atoms with Gasteiger partial charge in [-0.2, -0.15) is 0 Å². The van der Waals surface area contributed by atoms with Crippen LogP contribution in [0.2, 0.25) is 0 Å². The smallest absolute Gasteiger partial charge is 0.333 e. The summed E-state index contributed by atoms with van der Waals surface area (Å²) in [4.78, 5) is 33.4. The van der Waals surface area contributed by atoms with Gasteiger partial charge in [0.2, 0.25) is 0 Å². The summed E-state index contributed by atoms with van der Waals surface area (Å²) in [7, 11) is 2.54. The van der Waals surface area contributed by atoms with Crippen molar-refractivity contribution >= 4 is 18.2 Å². The Hall–Kier alpha value is -2.43.